The van der Waals surface area contributed by atoms with Gasteiger partial charge in [0, 0.05) is 32.2 Å². The number of nitrogens with one attached hydrogen (secondary N) is 1. The van der Waals surface area contributed by atoms with Crippen molar-refractivity contribution in [2.24, 2.45) is 0 Å². The first-order valence-corrected chi connectivity index (χ1v) is 8.69. The van der Waals surface area contributed by atoms with E-state index in [0.29, 0.717) is 50.0 Å². The lowest BCUT2D eigenvalue weighted by atomic mass is 10.2. The van der Waals surface area contributed by atoms with Crippen LogP contribution in [0.3, 0.4) is 0 Å². The summed E-state index contributed by atoms with van der Waals surface area (Å²) in [7, 11) is 3.02. The Bertz CT molecular complexity index is 686. The van der Waals surface area contributed by atoms with E-state index in [9.17, 15) is 14.4 Å². The third kappa shape index (κ3) is 5.50. The molecule has 2 rings (SSSR count). The van der Waals surface area contributed by atoms with Gasteiger partial charge in [0.1, 0.15) is 17.9 Å². The standard InChI is InChI=1S/C18H25N3O6/c1-4-27-18(24)21-9-7-20(8-10-21)17(23)12-16(22)19-14-6-5-13(25-2)11-15(14)26-3/h5-6,11H,4,7-10,12H2,1-3H3,(H,19,22). The summed E-state index contributed by atoms with van der Waals surface area (Å²) in [5.74, 6) is 0.318. The Balaban J connectivity index is 1.86. The zero-order valence-corrected chi connectivity index (χ0v) is 15.8. The molecule has 0 radical (unpaired) electrons. The van der Waals surface area contributed by atoms with Crippen LogP contribution in [0.2, 0.25) is 0 Å². The Hall–Kier alpha value is -2.97. The van der Waals surface area contributed by atoms with Gasteiger partial charge in [0.15, 0.2) is 0 Å². The molecule has 148 valence electrons. The van der Waals surface area contributed by atoms with E-state index in [-0.39, 0.29) is 18.4 Å². The summed E-state index contributed by atoms with van der Waals surface area (Å²) in [5.41, 5.74) is 0.461. The maximum Gasteiger partial charge on any atom is 0.409 e. The van der Waals surface area contributed by atoms with Crippen LogP contribution in [0.4, 0.5) is 10.5 Å². The molecular weight excluding hydrogens is 354 g/mol. The summed E-state index contributed by atoms with van der Waals surface area (Å²) in [6, 6.07) is 4.98. The Morgan fingerprint density at radius 1 is 1.04 bits per heavy atom. The predicted octanol–water partition coefficient (Wildman–Crippen LogP) is 1.33. The molecule has 0 aromatic heterocycles. The highest BCUT2D eigenvalue weighted by Crippen LogP contribution is 2.29. The summed E-state index contributed by atoms with van der Waals surface area (Å²) < 4.78 is 15.3. The van der Waals surface area contributed by atoms with Crippen molar-refractivity contribution in [3.63, 3.8) is 0 Å². The maximum atomic E-state index is 12.3. The van der Waals surface area contributed by atoms with Crippen LogP contribution in [0, 0.1) is 0 Å². The largest absolute Gasteiger partial charge is 0.497 e. The van der Waals surface area contributed by atoms with E-state index in [0.717, 1.165) is 0 Å². The van der Waals surface area contributed by atoms with E-state index in [1.54, 1.807) is 34.9 Å². The van der Waals surface area contributed by atoms with Gasteiger partial charge in [-0.2, -0.15) is 0 Å². The van der Waals surface area contributed by atoms with E-state index in [2.05, 4.69) is 5.32 Å². The third-order valence-corrected chi connectivity index (χ3v) is 4.15. The number of anilines is 1. The number of nitrogens with zero attached hydrogens (tertiary/aromatic N) is 2. The van der Waals surface area contributed by atoms with E-state index in [1.165, 1.54) is 14.2 Å². The highest BCUT2D eigenvalue weighted by atomic mass is 16.6. The predicted molar refractivity (Wildman–Crippen MR) is 98.0 cm³/mol. The topological polar surface area (TPSA) is 97.4 Å². The first kappa shape index (κ1) is 20.3. The number of piperazine rings is 1. The van der Waals surface area contributed by atoms with Crippen LogP contribution in [-0.2, 0) is 14.3 Å². The van der Waals surface area contributed by atoms with Crippen LogP contribution in [0.5, 0.6) is 11.5 Å². The van der Waals surface area contributed by atoms with E-state index in [1.807, 2.05) is 0 Å². The van der Waals surface area contributed by atoms with Gasteiger partial charge in [-0.25, -0.2) is 4.79 Å². The molecule has 1 saturated heterocycles. The van der Waals surface area contributed by atoms with Crippen molar-refractivity contribution in [3.8, 4) is 11.5 Å². The summed E-state index contributed by atoms with van der Waals surface area (Å²) >= 11 is 0. The van der Waals surface area contributed by atoms with E-state index >= 15 is 0 Å². The second-order valence-electron chi connectivity index (χ2n) is 5.86. The first-order valence-electron chi connectivity index (χ1n) is 8.69. The zero-order chi connectivity index (χ0) is 19.8. The van der Waals surface area contributed by atoms with Gasteiger partial charge in [0.05, 0.1) is 26.5 Å². The van der Waals surface area contributed by atoms with Gasteiger partial charge >= 0.3 is 6.09 Å². The first-order chi connectivity index (χ1) is 13.0. The van der Waals surface area contributed by atoms with Crippen molar-refractivity contribution in [1.82, 2.24) is 9.80 Å². The molecule has 0 atom stereocenters. The van der Waals surface area contributed by atoms with Gasteiger partial charge in [0.25, 0.3) is 0 Å². The third-order valence-electron chi connectivity index (χ3n) is 4.15. The molecule has 0 bridgehead atoms. The average molecular weight is 379 g/mol. The fourth-order valence-electron chi connectivity index (χ4n) is 2.70. The molecular formula is C18H25N3O6. The van der Waals surface area contributed by atoms with E-state index < -0.39 is 5.91 Å². The van der Waals surface area contributed by atoms with Gasteiger partial charge in [0.2, 0.25) is 11.8 Å². The number of benzene rings is 1. The Kier molecular flexibility index (Phi) is 7.27. The molecule has 1 N–H and O–H groups in total. The van der Waals surface area contributed by atoms with Crippen molar-refractivity contribution in [2.75, 3.05) is 52.3 Å². The van der Waals surface area contributed by atoms with Crippen molar-refractivity contribution in [3.05, 3.63) is 18.2 Å². The molecule has 1 aliphatic heterocycles. The molecule has 0 spiro atoms. The summed E-state index contributed by atoms with van der Waals surface area (Å²) in [4.78, 5) is 39.3. The molecule has 1 heterocycles. The molecule has 27 heavy (non-hydrogen) atoms. The van der Waals surface area contributed by atoms with E-state index in [4.69, 9.17) is 14.2 Å². The molecule has 0 saturated carbocycles. The number of ether oxygens (including phenoxy) is 3. The van der Waals surface area contributed by atoms with Crippen molar-refractivity contribution in [2.45, 2.75) is 13.3 Å². The second kappa shape index (κ2) is 9.65. The molecule has 9 nitrogen and oxygen atoms in total. The average Bonchev–Trinajstić information content (AvgIpc) is 2.68. The second-order valence-corrected chi connectivity index (χ2v) is 5.86. The minimum absolute atomic E-state index is 0.283. The van der Waals surface area contributed by atoms with Crippen LogP contribution in [0.25, 0.3) is 0 Å². The fourth-order valence-corrected chi connectivity index (χ4v) is 2.70. The molecule has 1 aromatic carbocycles. The van der Waals surface area contributed by atoms with Gasteiger partial charge in [-0.15, -0.1) is 0 Å². The van der Waals surface area contributed by atoms with Crippen LogP contribution < -0.4 is 14.8 Å². The van der Waals surface area contributed by atoms with Crippen LogP contribution in [0.15, 0.2) is 18.2 Å². The molecule has 0 unspecified atom stereocenters. The summed E-state index contributed by atoms with van der Waals surface area (Å²) in [6.45, 7) is 3.58. The molecule has 1 aliphatic rings. The molecule has 0 aliphatic carbocycles. The van der Waals surface area contributed by atoms with Gasteiger partial charge in [-0.1, -0.05) is 0 Å². The monoisotopic (exact) mass is 379 g/mol. The van der Waals surface area contributed by atoms with Crippen LogP contribution >= 0.6 is 0 Å². The molecule has 9 heteroatoms. The fraction of sp³-hybridized carbons (Fsp3) is 0.500. The van der Waals surface area contributed by atoms with Crippen LogP contribution in [0.1, 0.15) is 13.3 Å². The minimum atomic E-state index is -0.434. The van der Waals surface area contributed by atoms with Gasteiger partial charge < -0.3 is 29.3 Å². The number of rotatable bonds is 6. The van der Waals surface area contributed by atoms with Crippen molar-refractivity contribution >= 4 is 23.6 Å². The molecule has 1 fully saturated rings. The van der Waals surface area contributed by atoms with Crippen molar-refractivity contribution in [1.29, 1.82) is 0 Å². The summed E-state index contributed by atoms with van der Waals surface area (Å²) in [5, 5.41) is 2.67. The Morgan fingerprint density at radius 2 is 1.70 bits per heavy atom. The lowest BCUT2D eigenvalue weighted by Gasteiger charge is -2.34. The molecule has 3 amide bonds. The van der Waals surface area contributed by atoms with Gasteiger partial charge in [-0.3, -0.25) is 9.59 Å². The lowest BCUT2D eigenvalue weighted by molar-refractivity contribution is -0.135. The number of hydrogen-bond donors (Lipinski definition) is 1. The quantitative estimate of drug-likeness (QED) is 0.749. The number of hydrogen-bond acceptors (Lipinski definition) is 6. The zero-order valence-electron chi connectivity index (χ0n) is 15.8. The SMILES string of the molecule is CCOC(=O)N1CCN(C(=O)CC(=O)Nc2ccc(OC)cc2OC)CC1. The number of amides is 3. The summed E-state index contributed by atoms with van der Waals surface area (Å²) in [6.07, 6.45) is -0.664. The highest BCUT2D eigenvalue weighted by molar-refractivity contribution is 6.04. The lowest BCUT2D eigenvalue weighted by Crippen LogP contribution is -2.51. The van der Waals surface area contributed by atoms with Crippen molar-refractivity contribution < 1.29 is 28.6 Å². The molecule has 1 aromatic rings. The smallest absolute Gasteiger partial charge is 0.409 e. The Morgan fingerprint density at radius 3 is 2.30 bits per heavy atom. The number of carbonyl (C=O) groups excluding carboxylic acids is 3. The number of carbonyl (C=O) groups is 3. The highest BCUT2D eigenvalue weighted by Gasteiger charge is 2.26. The van der Waals surface area contributed by atoms with Gasteiger partial charge in [-0.05, 0) is 19.1 Å². The maximum absolute atomic E-state index is 12.3. The van der Waals surface area contributed by atoms with Crippen LogP contribution in [-0.4, -0.2) is 74.7 Å². The normalized spacial score (nSPS) is 13.7. The minimum Gasteiger partial charge on any atom is -0.497 e. The number of methoxy groups -OCH3 is 2. The Labute approximate surface area is 158 Å².